The van der Waals surface area contributed by atoms with Crippen molar-refractivity contribution in [2.75, 3.05) is 18.8 Å². The number of rotatable bonds is 5. The number of hydrogen-bond acceptors (Lipinski definition) is 3. The Morgan fingerprint density at radius 3 is 2.61 bits per heavy atom. The first-order valence-electron chi connectivity index (χ1n) is 9.13. The predicted molar refractivity (Wildman–Crippen MR) is 92.5 cm³/mol. The van der Waals surface area contributed by atoms with E-state index in [2.05, 4.69) is 19.2 Å². The fourth-order valence-corrected chi connectivity index (χ4v) is 5.47. The van der Waals surface area contributed by atoms with Gasteiger partial charge in [-0.05, 0) is 37.5 Å². The van der Waals surface area contributed by atoms with Crippen molar-refractivity contribution in [1.82, 2.24) is 9.62 Å². The summed E-state index contributed by atoms with van der Waals surface area (Å²) in [5, 5.41) is 3.21. The molecule has 0 aromatic rings. The van der Waals surface area contributed by atoms with E-state index in [1.165, 1.54) is 10.7 Å². The first-order valence-corrected chi connectivity index (χ1v) is 10.7. The molecule has 0 aromatic carbocycles. The lowest BCUT2D eigenvalue weighted by Crippen LogP contribution is -2.50. The summed E-state index contributed by atoms with van der Waals surface area (Å²) in [4.78, 5) is 12.6. The molecular weight excluding hydrogens is 312 g/mol. The van der Waals surface area contributed by atoms with Crippen LogP contribution in [0.4, 0.5) is 0 Å². The van der Waals surface area contributed by atoms with Crippen LogP contribution in [0.3, 0.4) is 0 Å². The van der Waals surface area contributed by atoms with Gasteiger partial charge < -0.3 is 5.32 Å². The molecule has 2 rings (SSSR count). The van der Waals surface area contributed by atoms with E-state index >= 15 is 0 Å². The summed E-state index contributed by atoms with van der Waals surface area (Å²) in [6.07, 6.45) is 5.63. The molecule has 1 aliphatic heterocycles. The van der Waals surface area contributed by atoms with E-state index in [-0.39, 0.29) is 23.6 Å². The smallest absolute Gasteiger partial charge is 0.224 e. The number of carbonyl (C=O) groups excluding carboxylic acids is 1. The highest BCUT2D eigenvalue weighted by Crippen LogP contribution is 2.30. The maximum absolute atomic E-state index is 12.6. The molecule has 2 aliphatic rings. The number of nitrogens with one attached hydrogen (secondary N) is 1. The maximum Gasteiger partial charge on any atom is 0.224 e. The lowest BCUT2D eigenvalue weighted by Gasteiger charge is -2.37. The largest absolute Gasteiger partial charge is 0.353 e. The van der Waals surface area contributed by atoms with E-state index in [4.69, 9.17) is 0 Å². The molecule has 4 atom stereocenters. The molecule has 2 fully saturated rings. The minimum absolute atomic E-state index is 0.0485. The molecule has 1 heterocycles. The summed E-state index contributed by atoms with van der Waals surface area (Å²) in [5.74, 6) is 1.17. The van der Waals surface area contributed by atoms with Gasteiger partial charge in [0.15, 0.2) is 0 Å². The summed E-state index contributed by atoms with van der Waals surface area (Å²) in [5.41, 5.74) is 0. The summed E-state index contributed by atoms with van der Waals surface area (Å²) >= 11 is 0. The van der Waals surface area contributed by atoms with Gasteiger partial charge in [0.1, 0.15) is 0 Å². The van der Waals surface area contributed by atoms with Gasteiger partial charge in [0.2, 0.25) is 15.9 Å². The fraction of sp³-hybridized carbons (Fsp3) is 0.941. The Bertz CT molecular complexity index is 506. The summed E-state index contributed by atoms with van der Waals surface area (Å²) < 4.78 is 26.0. The minimum atomic E-state index is -3.20. The molecule has 0 unspecified atom stereocenters. The molecule has 134 valence electrons. The van der Waals surface area contributed by atoms with Crippen LogP contribution in [0.1, 0.15) is 59.3 Å². The van der Waals surface area contributed by atoms with Crippen molar-refractivity contribution in [1.29, 1.82) is 0 Å². The third-order valence-corrected chi connectivity index (χ3v) is 7.69. The van der Waals surface area contributed by atoms with Crippen molar-refractivity contribution in [3.8, 4) is 0 Å². The molecular formula is C17H32N2O3S. The highest BCUT2D eigenvalue weighted by Gasteiger charge is 2.34. The third-order valence-electron chi connectivity index (χ3n) is 5.64. The molecule has 1 N–H and O–H groups in total. The first-order chi connectivity index (χ1) is 10.8. The highest BCUT2D eigenvalue weighted by molar-refractivity contribution is 7.89. The average molecular weight is 345 g/mol. The third kappa shape index (κ3) is 4.69. The molecule has 6 heteroatoms. The normalized spacial score (nSPS) is 33.3. The van der Waals surface area contributed by atoms with Gasteiger partial charge in [0.05, 0.1) is 11.7 Å². The van der Waals surface area contributed by atoms with Gasteiger partial charge in [-0.25, -0.2) is 12.7 Å². The van der Waals surface area contributed by atoms with Crippen molar-refractivity contribution in [3.05, 3.63) is 0 Å². The van der Waals surface area contributed by atoms with Crippen molar-refractivity contribution in [2.24, 2.45) is 17.8 Å². The van der Waals surface area contributed by atoms with E-state index in [9.17, 15) is 13.2 Å². The second kappa shape index (κ2) is 7.97. The topological polar surface area (TPSA) is 66.5 Å². The monoisotopic (exact) mass is 344 g/mol. The quantitative estimate of drug-likeness (QED) is 0.833. The number of hydrogen-bond donors (Lipinski definition) is 1. The maximum atomic E-state index is 12.6. The predicted octanol–water partition coefficient (Wildman–Crippen LogP) is 2.38. The Labute approximate surface area is 141 Å². The van der Waals surface area contributed by atoms with Crippen LogP contribution in [-0.2, 0) is 14.8 Å². The molecule has 0 aromatic heterocycles. The molecule has 0 spiro atoms. The van der Waals surface area contributed by atoms with Gasteiger partial charge in [0, 0.05) is 19.1 Å². The van der Waals surface area contributed by atoms with Crippen LogP contribution in [0.15, 0.2) is 0 Å². The number of amides is 1. The summed E-state index contributed by atoms with van der Waals surface area (Å²) in [7, 11) is -3.20. The Kier molecular flexibility index (Phi) is 6.48. The minimum Gasteiger partial charge on any atom is -0.353 e. The van der Waals surface area contributed by atoms with Crippen molar-refractivity contribution < 1.29 is 13.2 Å². The van der Waals surface area contributed by atoms with Crippen molar-refractivity contribution in [2.45, 2.75) is 65.3 Å². The van der Waals surface area contributed by atoms with Crippen LogP contribution >= 0.6 is 0 Å². The van der Waals surface area contributed by atoms with Crippen LogP contribution < -0.4 is 5.32 Å². The van der Waals surface area contributed by atoms with E-state index in [1.807, 2.05) is 6.92 Å². The zero-order valence-electron chi connectivity index (χ0n) is 14.8. The van der Waals surface area contributed by atoms with Crippen molar-refractivity contribution >= 4 is 15.9 Å². The fourth-order valence-electron chi connectivity index (χ4n) is 3.88. The van der Waals surface area contributed by atoms with E-state index < -0.39 is 10.0 Å². The summed E-state index contributed by atoms with van der Waals surface area (Å²) in [6, 6.07) is 0.244. The second-order valence-electron chi connectivity index (χ2n) is 7.40. The van der Waals surface area contributed by atoms with Crippen LogP contribution in [0.2, 0.25) is 0 Å². The molecule has 5 nitrogen and oxygen atoms in total. The first kappa shape index (κ1) is 18.7. The molecule has 0 radical (unpaired) electrons. The lowest BCUT2D eigenvalue weighted by molar-refractivity contribution is -0.127. The molecule has 1 saturated heterocycles. The summed E-state index contributed by atoms with van der Waals surface area (Å²) in [6.45, 7) is 7.25. The van der Waals surface area contributed by atoms with Crippen LogP contribution in [0, 0.1) is 17.8 Å². The van der Waals surface area contributed by atoms with E-state index in [0.29, 0.717) is 31.3 Å². The van der Waals surface area contributed by atoms with Crippen molar-refractivity contribution in [3.63, 3.8) is 0 Å². The zero-order chi connectivity index (χ0) is 17.0. The Balaban J connectivity index is 1.94. The number of nitrogens with zero attached hydrogens (tertiary/aromatic N) is 1. The second-order valence-corrected chi connectivity index (χ2v) is 9.48. The standard InChI is InChI=1S/C17H32N2O3S/c1-4-11-23(21,22)19-10-6-8-15(12-19)17(20)18-16-9-5-7-13(2)14(16)3/h13-16H,4-12H2,1-3H3,(H,18,20)/t13-,14+,15-,16+/m0/s1. The number of sulfonamides is 1. The van der Waals surface area contributed by atoms with Crippen LogP contribution in [0.25, 0.3) is 0 Å². The molecule has 23 heavy (non-hydrogen) atoms. The molecule has 1 amide bonds. The Hall–Kier alpha value is -0.620. The SMILES string of the molecule is CCCS(=O)(=O)N1CCC[C@H](C(=O)N[C@@H]2CCC[C@H](C)[C@H]2C)C1. The van der Waals surface area contributed by atoms with E-state index in [0.717, 1.165) is 25.7 Å². The van der Waals surface area contributed by atoms with Crippen LogP contribution in [0.5, 0.6) is 0 Å². The zero-order valence-corrected chi connectivity index (χ0v) is 15.6. The van der Waals surface area contributed by atoms with Gasteiger partial charge >= 0.3 is 0 Å². The average Bonchev–Trinajstić information content (AvgIpc) is 2.52. The van der Waals surface area contributed by atoms with Crippen LogP contribution in [-0.4, -0.2) is 43.5 Å². The molecule has 0 bridgehead atoms. The molecule has 1 saturated carbocycles. The van der Waals surface area contributed by atoms with E-state index in [1.54, 1.807) is 0 Å². The van der Waals surface area contributed by atoms with Gasteiger partial charge in [-0.3, -0.25) is 4.79 Å². The van der Waals surface area contributed by atoms with Gasteiger partial charge in [-0.15, -0.1) is 0 Å². The molecule has 1 aliphatic carbocycles. The Morgan fingerprint density at radius 1 is 1.17 bits per heavy atom. The number of carbonyl (C=O) groups is 1. The van der Waals surface area contributed by atoms with Gasteiger partial charge in [0.25, 0.3) is 0 Å². The lowest BCUT2D eigenvalue weighted by atomic mass is 9.78. The highest BCUT2D eigenvalue weighted by atomic mass is 32.2. The number of piperidine rings is 1. The van der Waals surface area contributed by atoms with Gasteiger partial charge in [-0.2, -0.15) is 0 Å². The Morgan fingerprint density at radius 2 is 1.91 bits per heavy atom. The van der Waals surface area contributed by atoms with Gasteiger partial charge in [-0.1, -0.05) is 33.6 Å².